The Bertz CT molecular complexity index is 845. The lowest BCUT2D eigenvalue weighted by atomic mass is 9.85. The number of piperidine rings is 1. The van der Waals surface area contributed by atoms with Gasteiger partial charge >= 0.3 is 0 Å². The van der Waals surface area contributed by atoms with E-state index < -0.39 is 0 Å². The molecule has 0 spiro atoms. The van der Waals surface area contributed by atoms with Gasteiger partial charge in [-0.05, 0) is 86.1 Å². The molecule has 2 atom stereocenters. The van der Waals surface area contributed by atoms with Crippen molar-refractivity contribution in [2.45, 2.75) is 68.2 Å². The van der Waals surface area contributed by atoms with Gasteiger partial charge in [0.15, 0.2) is 0 Å². The molecule has 2 aromatic carbocycles. The van der Waals surface area contributed by atoms with Crippen LogP contribution in [0.2, 0.25) is 0 Å². The Morgan fingerprint density at radius 3 is 2.17 bits per heavy atom. The van der Waals surface area contributed by atoms with Crippen molar-refractivity contribution in [1.82, 2.24) is 4.90 Å². The summed E-state index contributed by atoms with van der Waals surface area (Å²) >= 11 is 1.80. The predicted octanol–water partition coefficient (Wildman–Crippen LogP) is 7.29. The molecule has 30 heavy (non-hydrogen) atoms. The average molecular weight is 422 g/mol. The Balaban J connectivity index is 1.36. The second kappa shape index (κ2) is 10.1. The molecule has 2 aromatic rings. The van der Waals surface area contributed by atoms with Crippen LogP contribution in [0.15, 0.2) is 63.9 Å². The van der Waals surface area contributed by atoms with Gasteiger partial charge in [0.1, 0.15) is 5.75 Å². The molecule has 1 aliphatic heterocycles. The Hall–Kier alpha value is -1.71. The Kier molecular flexibility index (Phi) is 7.22. The fourth-order valence-corrected chi connectivity index (χ4v) is 5.84. The second-order valence-corrected chi connectivity index (χ2v) is 10.1. The normalized spacial score (nSPS) is 22.7. The molecule has 0 bridgehead atoms. The van der Waals surface area contributed by atoms with Crippen LogP contribution in [-0.4, -0.2) is 31.1 Å². The maximum Gasteiger partial charge on any atom is 0.118 e. The molecule has 0 amide bonds. The fraction of sp³-hybridized carbons (Fsp3) is 0.481. The molecule has 1 heterocycles. The summed E-state index contributed by atoms with van der Waals surface area (Å²) in [4.78, 5) is 5.30. The van der Waals surface area contributed by atoms with Crippen molar-refractivity contribution in [1.29, 1.82) is 0 Å². The molecule has 2 fully saturated rings. The fourth-order valence-electron chi connectivity index (χ4n) is 5.02. The number of methoxy groups -OCH3 is 1. The van der Waals surface area contributed by atoms with Gasteiger partial charge in [0.2, 0.25) is 0 Å². The van der Waals surface area contributed by atoms with Crippen LogP contribution in [0.5, 0.6) is 5.75 Å². The number of hydrogen-bond acceptors (Lipinski definition) is 3. The topological polar surface area (TPSA) is 12.5 Å². The van der Waals surface area contributed by atoms with Gasteiger partial charge in [0.25, 0.3) is 0 Å². The first kappa shape index (κ1) is 21.5. The maximum atomic E-state index is 5.25. The standard InChI is InChI=1S/C27H35NOS/c1-20-5-4-6-24(19-20)28-17-15-23(16-18-28)21(2)22-7-11-26(12-8-22)30-27-13-9-25(29-3)10-14-27/h7-14,20,24H,4-6,15-19H2,1-3H3/t20-,24+/m1/s1. The number of hydrogen-bond donors (Lipinski definition) is 0. The summed E-state index contributed by atoms with van der Waals surface area (Å²) in [7, 11) is 1.71. The van der Waals surface area contributed by atoms with Gasteiger partial charge in [-0.3, -0.25) is 4.90 Å². The number of likely N-dealkylation sites (tertiary alicyclic amines) is 1. The Morgan fingerprint density at radius 1 is 0.933 bits per heavy atom. The zero-order chi connectivity index (χ0) is 20.9. The number of ether oxygens (including phenoxy) is 1. The molecule has 0 aromatic heterocycles. The van der Waals surface area contributed by atoms with E-state index in [4.69, 9.17) is 4.74 Å². The third-order valence-electron chi connectivity index (χ3n) is 6.94. The van der Waals surface area contributed by atoms with Crippen LogP contribution in [0, 0.1) is 5.92 Å². The average Bonchev–Trinajstić information content (AvgIpc) is 2.80. The van der Waals surface area contributed by atoms with Gasteiger partial charge < -0.3 is 4.74 Å². The molecule has 1 saturated heterocycles. The summed E-state index contributed by atoms with van der Waals surface area (Å²) < 4.78 is 5.25. The molecule has 1 aliphatic carbocycles. The molecular weight excluding hydrogens is 386 g/mol. The summed E-state index contributed by atoms with van der Waals surface area (Å²) in [5.74, 6) is 1.82. The molecule has 1 saturated carbocycles. The van der Waals surface area contributed by atoms with E-state index in [2.05, 4.69) is 55.1 Å². The molecule has 0 unspecified atom stereocenters. The molecular formula is C27H35NOS. The molecule has 3 heteroatoms. The summed E-state index contributed by atoms with van der Waals surface area (Å²) in [6.45, 7) is 7.24. The van der Waals surface area contributed by atoms with Gasteiger partial charge in [-0.2, -0.15) is 0 Å². The van der Waals surface area contributed by atoms with E-state index in [1.54, 1.807) is 24.4 Å². The minimum Gasteiger partial charge on any atom is -0.497 e. The number of rotatable bonds is 5. The zero-order valence-corrected chi connectivity index (χ0v) is 19.5. The van der Waals surface area contributed by atoms with Crippen molar-refractivity contribution >= 4 is 17.3 Å². The molecule has 0 radical (unpaired) electrons. The van der Waals surface area contributed by atoms with Crippen LogP contribution >= 0.6 is 11.8 Å². The Labute approximate surface area is 186 Å². The van der Waals surface area contributed by atoms with Crippen LogP contribution in [0.4, 0.5) is 0 Å². The maximum absolute atomic E-state index is 5.25. The first-order valence-corrected chi connectivity index (χ1v) is 12.3. The van der Waals surface area contributed by atoms with Crippen molar-refractivity contribution in [2.75, 3.05) is 20.2 Å². The predicted molar refractivity (Wildman–Crippen MR) is 128 cm³/mol. The highest BCUT2D eigenvalue weighted by molar-refractivity contribution is 7.99. The van der Waals surface area contributed by atoms with Crippen LogP contribution in [0.25, 0.3) is 5.57 Å². The summed E-state index contributed by atoms with van der Waals surface area (Å²) in [5.41, 5.74) is 4.53. The molecule has 2 nitrogen and oxygen atoms in total. The van der Waals surface area contributed by atoms with Crippen LogP contribution < -0.4 is 4.74 Å². The van der Waals surface area contributed by atoms with Crippen molar-refractivity contribution in [3.8, 4) is 5.75 Å². The highest BCUT2D eigenvalue weighted by Crippen LogP contribution is 2.34. The highest BCUT2D eigenvalue weighted by atomic mass is 32.2. The summed E-state index contributed by atoms with van der Waals surface area (Å²) in [6.07, 6.45) is 8.14. The van der Waals surface area contributed by atoms with E-state index in [1.165, 1.54) is 72.5 Å². The van der Waals surface area contributed by atoms with E-state index in [0.717, 1.165) is 17.7 Å². The third kappa shape index (κ3) is 5.31. The van der Waals surface area contributed by atoms with Crippen LogP contribution in [0.3, 0.4) is 0 Å². The van der Waals surface area contributed by atoms with Crippen LogP contribution in [0.1, 0.15) is 57.9 Å². The minimum atomic E-state index is 0.838. The van der Waals surface area contributed by atoms with Gasteiger partial charge in [-0.1, -0.05) is 49.2 Å². The van der Waals surface area contributed by atoms with Gasteiger partial charge in [0.05, 0.1) is 7.11 Å². The van der Waals surface area contributed by atoms with E-state index >= 15 is 0 Å². The zero-order valence-electron chi connectivity index (χ0n) is 18.7. The molecule has 4 rings (SSSR count). The van der Waals surface area contributed by atoms with E-state index in [1.807, 2.05) is 12.1 Å². The van der Waals surface area contributed by atoms with Crippen molar-refractivity contribution in [2.24, 2.45) is 5.92 Å². The second-order valence-electron chi connectivity index (χ2n) is 8.99. The van der Waals surface area contributed by atoms with Crippen molar-refractivity contribution in [3.63, 3.8) is 0 Å². The molecule has 0 N–H and O–H groups in total. The van der Waals surface area contributed by atoms with Gasteiger partial charge in [-0.15, -0.1) is 0 Å². The quantitative estimate of drug-likeness (QED) is 0.503. The van der Waals surface area contributed by atoms with E-state index in [0.29, 0.717) is 0 Å². The van der Waals surface area contributed by atoms with Crippen LogP contribution in [-0.2, 0) is 0 Å². The first-order valence-electron chi connectivity index (χ1n) is 11.5. The number of nitrogens with zero attached hydrogens (tertiary/aromatic N) is 1. The summed E-state index contributed by atoms with van der Waals surface area (Å²) in [5, 5.41) is 0. The molecule has 2 aliphatic rings. The third-order valence-corrected chi connectivity index (χ3v) is 7.96. The highest BCUT2D eigenvalue weighted by Gasteiger charge is 2.27. The SMILES string of the molecule is COc1ccc(Sc2ccc(C(C)=C3CCN([C@H]4CCC[C@@H](C)C4)CC3)cc2)cc1. The van der Waals surface area contributed by atoms with Gasteiger partial charge in [-0.25, -0.2) is 0 Å². The smallest absolute Gasteiger partial charge is 0.118 e. The number of allylic oxidation sites excluding steroid dienone is 1. The van der Waals surface area contributed by atoms with Gasteiger partial charge in [0, 0.05) is 28.9 Å². The monoisotopic (exact) mass is 421 g/mol. The van der Waals surface area contributed by atoms with E-state index in [-0.39, 0.29) is 0 Å². The number of benzene rings is 2. The van der Waals surface area contributed by atoms with Crippen molar-refractivity contribution < 1.29 is 4.74 Å². The first-order chi connectivity index (χ1) is 14.6. The Morgan fingerprint density at radius 2 is 1.57 bits per heavy atom. The minimum absolute atomic E-state index is 0.838. The van der Waals surface area contributed by atoms with Crippen molar-refractivity contribution in [3.05, 3.63) is 59.7 Å². The largest absolute Gasteiger partial charge is 0.497 e. The summed E-state index contributed by atoms with van der Waals surface area (Å²) in [6, 6.07) is 18.2. The lowest BCUT2D eigenvalue weighted by Crippen LogP contribution is -2.42. The molecule has 160 valence electrons. The van der Waals surface area contributed by atoms with E-state index in [9.17, 15) is 0 Å². The lowest BCUT2D eigenvalue weighted by molar-refractivity contribution is 0.126. The lowest BCUT2D eigenvalue weighted by Gasteiger charge is -2.39.